The zero-order valence-electron chi connectivity index (χ0n) is 20.1. The lowest BCUT2D eigenvalue weighted by Crippen LogP contribution is -2.38. The molecule has 4 rings (SSSR count). The van der Waals surface area contributed by atoms with Crippen LogP contribution in [0.2, 0.25) is 0 Å². The molecule has 0 radical (unpaired) electrons. The van der Waals surface area contributed by atoms with Gasteiger partial charge < -0.3 is 20.7 Å². The number of halogens is 6. The molecule has 15 heteroatoms. The smallest absolute Gasteiger partial charge is 0.475 e. The number of rotatable bonds is 7. The maximum atomic E-state index is 13.7. The summed E-state index contributed by atoms with van der Waals surface area (Å²) in [5.41, 5.74) is 1.53. The number of fused-ring (bicyclic) bond motifs is 1. The maximum absolute atomic E-state index is 13.7. The number of carbonyl (C=O) groups excluding carboxylic acids is 2. The number of nitrogens with one attached hydrogen (secondary N) is 4. The molecule has 0 fully saturated rings. The summed E-state index contributed by atoms with van der Waals surface area (Å²) < 4.78 is 72.8. The van der Waals surface area contributed by atoms with E-state index in [4.69, 9.17) is 9.90 Å². The van der Waals surface area contributed by atoms with Gasteiger partial charge in [0, 0.05) is 34.0 Å². The van der Waals surface area contributed by atoms with Crippen LogP contribution in [0.3, 0.4) is 0 Å². The van der Waals surface area contributed by atoms with Crippen molar-refractivity contribution in [3.63, 3.8) is 0 Å². The summed E-state index contributed by atoms with van der Waals surface area (Å²) in [5, 5.41) is 17.0. The van der Waals surface area contributed by atoms with Crippen LogP contribution in [0.1, 0.15) is 21.3 Å². The van der Waals surface area contributed by atoms with Gasteiger partial charge in [-0.3, -0.25) is 14.9 Å². The van der Waals surface area contributed by atoms with E-state index in [2.05, 4.69) is 20.9 Å². The molecule has 2 aromatic carbocycles. The van der Waals surface area contributed by atoms with Crippen molar-refractivity contribution in [2.75, 3.05) is 17.2 Å². The summed E-state index contributed by atoms with van der Waals surface area (Å²) in [5.74, 6) is -3.63. The average molecular weight is 587 g/mol. The first-order valence-electron chi connectivity index (χ1n) is 11.2. The SMILES string of the molecule is O=C(CNC(c1c[nH]c2ccccc12)C(F)(F)F)Nc1ccc(NC(=O)c2cccs2)cc1.O=C(O)C(F)(F)F. The number of carboxylic acid groups (broad SMARTS) is 1. The van der Waals surface area contributed by atoms with Crippen molar-refractivity contribution >= 4 is 51.4 Å². The van der Waals surface area contributed by atoms with Crippen LogP contribution in [0.25, 0.3) is 10.9 Å². The summed E-state index contributed by atoms with van der Waals surface area (Å²) in [6, 6.07) is 14.4. The van der Waals surface area contributed by atoms with Crippen molar-refractivity contribution in [2.24, 2.45) is 0 Å². The van der Waals surface area contributed by atoms with Gasteiger partial charge in [0.2, 0.25) is 5.91 Å². The molecule has 2 amide bonds. The molecule has 1 unspecified atom stereocenters. The minimum Gasteiger partial charge on any atom is -0.475 e. The molecular formula is C25H20F6N4O4S. The lowest BCUT2D eigenvalue weighted by molar-refractivity contribution is -0.192. The summed E-state index contributed by atoms with van der Waals surface area (Å²) in [7, 11) is 0. The number of thiophene rings is 1. The second-order valence-corrected chi connectivity index (χ2v) is 8.95. The predicted molar refractivity (Wildman–Crippen MR) is 136 cm³/mol. The number of anilines is 2. The second-order valence-electron chi connectivity index (χ2n) is 8.00. The number of benzene rings is 2. The second kappa shape index (κ2) is 12.7. The Hall–Kier alpha value is -4.37. The number of para-hydroxylation sites is 1. The molecule has 0 spiro atoms. The van der Waals surface area contributed by atoms with E-state index in [-0.39, 0.29) is 11.5 Å². The molecule has 0 saturated heterocycles. The molecule has 5 N–H and O–H groups in total. The first kappa shape index (κ1) is 30.2. The van der Waals surface area contributed by atoms with Gasteiger partial charge in [0.25, 0.3) is 5.91 Å². The van der Waals surface area contributed by atoms with Gasteiger partial charge in [-0.1, -0.05) is 24.3 Å². The van der Waals surface area contributed by atoms with Crippen LogP contribution in [0.4, 0.5) is 37.7 Å². The Morgan fingerprint density at radius 2 is 1.48 bits per heavy atom. The quantitative estimate of drug-likeness (QED) is 0.171. The van der Waals surface area contributed by atoms with Crippen molar-refractivity contribution in [2.45, 2.75) is 18.4 Å². The van der Waals surface area contributed by atoms with Crippen LogP contribution in [0.15, 0.2) is 72.2 Å². The summed E-state index contributed by atoms with van der Waals surface area (Å²) in [4.78, 5) is 36.6. The highest BCUT2D eigenvalue weighted by Gasteiger charge is 2.42. The molecule has 0 bridgehead atoms. The number of aliphatic carboxylic acids is 1. The van der Waals surface area contributed by atoms with Crippen LogP contribution >= 0.6 is 11.3 Å². The van der Waals surface area contributed by atoms with Gasteiger partial charge in [-0.2, -0.15) is 26.3 Å². The lowest BCUT2D eigenvalue weighted by Gasteiger charge is -2.21. The van der Waals surface area contributed by atoms with E-state index in [1.807, 2.05) is 0 Å². The van der Waals surface area contributed by atoms with Gasteiger partial charge >= 0.3 is 18.3 Å². The van der Waals surface area contributed by atoms with E-state index in [9.17, 15) is 35.9 Å². The highest BCUT2D eigenvalue weighted by molar-refractivity contribution is 7.12. The van der Waals surface area contributed by atoms with E-state index in [0.29, 0.717) is 27.2 Å². The fourth-order valence-electron chi connectivity index (χ4n) is 3.37. The Balaban J connectivity index is 0.000000559. The number of hydrogen-bond donors (Lipinski definition) is 5. The van der Waals surface area contributed by atoms with E-state index in [0.717, 1.165) is 0 Å². The number of aromatic nitrogens is 1. The fraction of sp³-hybridized carbons (Fsp3) is 0.160. The van der Waals surface area contributed by atoms with E-state index < -0.39 is 36.8 Å². The average Bonchev–Trinajstić information content (AvgIpc) is 3.55. The number of H-pyrrole nitrogens is 1. The molecule has 4 aromatic rings. The Labute approximate surface area is 226 Å². The standard InChI is InChI=1S/C23H19F3N4O2S.C2HF3O2/c24-23(25,26)21(17-12-27-18-5-2-1-4-16(17)18)28-13-20(31)29-14-7-9-15(10-8-14)30-22(32)19-6-3-11-33-19;3-2(4,5)1(6)7/h1-12,21,27-28H,13H2,(H,29,31)(H,30,32);(H,6,7). The Morgan fingerprint density at radius 3 is 2.02 bits per heavy atom. The molecule has 0 saturated carbocycles. The zero-order valence-corrected chi connectivity index (χ0v) is 20.9. The molecule has 2 heterocycles. The third kappa shape index (κ3) is 8.31. The van der Waals surface area contributed by atoms with Crippen LogP contribution in [0.5, 0.6) is 0 Å². The number of carbonyl (C=O) groups is 3. The van der Waals surface area contributed by atoms with Crippen LogP contribution in [-0.4, -0.2) is 46.8 Å². The van der Waals surface area contributed by atoms with E-state index in [1.54, 1.807) is 66.0 Å². The molecule has 8 nitrogen and oxygen atoms in total. The van der Waals surface area contributed by atoms with Gasteiger partial charge in [0.15, 0.2) is 0 Å². The number of alkyl halides is 6. The minimum atomic E-state index is -5.08. The van der Waals surface area contributed by atoms with Gasteiger partial charge in [0.05, 0.1) is 11.4 Å². The summed E-state index contributed by atoms with van der Waals surface area (Å²) in [6.45, 7) is -0.541. The number of hydrogen-bond acceptors (Lipinski definition) is 5. The highest BCUT2D eigenvalue weighted by Crippen LogP contribution is 2.36. The van der Waals surface area contributed by atoms with E-state index >= 15 is 0 Å². The Bertz CT molecular complexity index is 1450. The molecule has 1 atom stereocenters. The Morgan fingerprint density at radius 1 is 0.875 bits per heavy atom. The summed E-state index contributed by atoms with van der Waals surface area (Å²) >= 11 is 1.31. The minimum absolute atomic E-state index is 0.0248. The van der Waals surface area contributed by atoms with Crippen molar-refractivity contribution in [3.05, 3.63) is 82.7 Å². The van der Waals surface area contributed by atoms with Gasteiger partial charge in [-0.05, 0) is 41.8 Å². The fourth-order valence-corrected chi connectivity index (χ4v) is 3.99. The van der Waals surface area contributed by atoms with Crippen LogP contribution in [-0.2, 0) is 9.59 Å². The largest absolute Gasteiger partial charge is 0.490 e. The topological polar surface area (TPSA) is 123 Å². The van der Waals surface area contributed by atoms with Crippen LogP contribution < -0.4 is 16.0 Å². The third-order valence-corrected chi connectivity index (χ3v) is 6.01. The molecule has 0 aliphatic rings. The van der Waals surface area contributed by atoms with Crippen molar-refractivity contribution in [3.8, 4) is 0 Å². The van der Waals surface area contributed by atoms with Crippen molar-refractivity contribution in [1.82, 2.24) is 10.3 Å². The first-order valence-corrected chi connectivity index (χ1v) is 12.0. The number of carboxylic acids is 1. The van der Waals surface area contributed by atoms with Crippen molar-refractivity contribution < 1.29 is 45.8 Å². The predicted octanol–water partition coefficient (Wildman–Crippen LogP) is 5.95. The number of aromatic amines is 1. The molecule has 0 aliphatic heterocycles. The normalized spacial score (nSPS) is 12.2. The molecular weight excluding hydrogens is 566 g/mol. The third-order valence-electron chi connectivity index (χ3n) is 5.14. The summed E-state index contributed by atoms with van der Waals surface area (Å²) in [6.07, 6.45) is -8.37. The van der Waals surface area contributed by atoms with Gasteiger partial charge in [-0.25, -0.2) is 4.79 Å². The zero-order chi connectivity index (χ0) is 29.5. The van der Waals surface area contributed by atoms with Gasteiger partial charge in [-0.15, -0.1) is 11.3 Å². The lowest BCUT2D eigenvalue weighted by atomic mass is 10.1. The Kier molecular flexibility index (Phi) is 9.55. The van der Waals surface area contributed by atoms with Crippen LogP contribution in [0, 0.1) is 0 Å². The number of amides is 2. The van der Waals surface area contributed by atoms with Gasteiger partial charge in [0.1, 0.15) is 6.04 Å². The van der Waals surface area contributed by atoms with E-state index in [1.165, 1.54) is 17.5 Å². The maximum Gasteiger partial charge on any atom is 0.490 e. The molecule has 212 valence electrons. The first-order chi connectivity index (χ1) is 18.8. The molecule has 0 aliphatic carbocycles. The molecule has 2 aromatic heterocycles. The highest BCUT2D eigenvalue weighted by atomic mass is 32.1. The monoisotopic (exact) mass is 586 g/mol. The van der Waals surface area contributed by atoms with Crippen molar-refractivity contribution in [1.29, 1.82) is 0 Å². The molecule has 40 heavy (non-hydrogen) atoms.